The summed E-state index contributed by atoms with van der Waals surface area (Å²) in [7, 11) is 0. The highest BCUT2D eigenvalue weighted by atomic mass is 35.5. The predicted octanol–water partition coefficient (Wildman–Crippen LogP) is 5.16. The maximum absolute atomic E-state index is 13.3. The second-order valence-corrected chi connectivity index (χ2v) is 8.75. The molecule has 0 saturated carbocycles. The summed E-state index contributed by atoms with van der Waals surface area (Å²) in [5.41, 5.74) is 3.02. The van der Waals surface area contributed by atoms with Gasteiger partial charge in [0.1, 0.15) is 0 Å². The monoisotopic (exact) mass is 465 g/mol. The van der Waals surface area contributed by atoms with Gasteiger partial charge in [-0.05, 0) is 50.6 Å². The van der Waals surface area contributed by atoms with Gasteiger partial charge >= 0.3 is 0 Å². The summed E-state index contributed by atoms with van der Waals surface area (Å²) in [5.74, 6) is -0.240. The average molecular weight is 466 g/mol. The molecule has 0 aliphatic carbocycles. The Morgan fingerprint density at radius 3 is 2.47 bits per heavy atom. The molecule has 0 unspecified atom stereocenters. The van der Waals surface area contributed by atoms with Crippen LogP contribution in [0, 0.1) is 13.8 Å². The lowest BCUT2D eigenvalue weighted by molar-refractivity contribution is 0.101. The van der Waals surface area contributed by atoms with E-state index in [9.17, 15) is 14.4 Å². The number of fused-ring (bicyclic) bond motifs is 1. The third-order valence-corrected chi connectivity index (χ3v) is 6.50. The van der Waals surface area contributed by atoms with Crippen LogP contribution in [0.2, 0.25) is 5.02 Å². The van der Waals surface area contributed by atoms with Crippen molar-refractivity contribution in [2.24, 2.45) is 0 Å². The lowest BCUT2D eigenvalue weighted by Crippen LogP contribution is -2.22. The van der Waals surface area contributed by atoms with E-state index >= 15 is 0 Å². The maximum Gasteiger partial charge on any atom is 0.266 e. The number of thioether (sulfide) groups is 1. The fourth-order valence-electron chi connectivity index (χ4n) is 3.81. The van der Waals surface area contributed by atoms with Crippen molar-refractivity contribution in [1.82, 2.24) is 14.5 Å². The minimum absolute atomic E-state index is 0.0351. The third-order valence-electron chi connectivity index (χ3n) is 5.24. The van der Waals surface area contributed by atoms with Crippen molar-refractivity contribution >= 4 is 45.8 Å². The van der Waals surface area contributed by atoms with Crippen LogP contribution in [-0.2, 0) is 0 Å². The Hall–Kier alpha value is -3.16. The van der Waals surface area contributed by atoms with Gasteiger partial charge in [0.25, 0.3) is 5.56 Å². The van der Waals surface area contributed by atoms with Gasteiger partial charge in [-0.15, -0.1) is 0 Å². The van der Waals surface area contributed by atoms with E-state index in [0.717, 1.165) is 11.8 Å². The summed E-state index contributed by atoms with van der Waals surface area (Å²) in [6.45, 7) is 5.01. The number of aryl methyl sites for hydroxylation is 1. The number of nitrogens with one attached hydrogen (secondary N) is 1. The minimum Gasteiger partial charge on any atom is -0.355 e. The molecule has 0 aliphatic heterocycles. The van der Waals surface area contributed by atoms with Crippen molar-refractivity contribution in [3.63, 3.8) is 0 Å². The van der Waals surface area contributed by atoms with Crippen molar-refractivity contribution in [1.29, 1.82) is 0 Å². The molecule has 0 saturated heterocycles. The second kappa shape index (κ2) is 8.76. The lowest BCUT2D eigenvalue weighted by Gasteiger charge is -2.14. The highest BCUT2D eigenvalue weighted by molar-refractivity contribution is 7.99. The summed E-state index contributed by atoms with van der Waals surface area (Å²) in [4.78, 5) is 45.9. The second-order valence-electron chi connectivity index (χ2n) is 7.40. The Morgan fingerprint density at radius 2 is 1.78 bits per heavy atom. The molecule has 2 aromatic carbocycles. The number of rotatable bonds is 6. The Bertz CT molecular complexity index is 1440. The highest BCUT2D eigenvalue weighted by Gasteiger charge is 2.21. The molecule has 162 valence electrons. The van der Waals surface area contributed by atoms with Crippen LogP contribution in [0.4, 0.5) is 0 Å². The number of carbonyl (C=O) groups is 2. The number of Topliss-reactive ketones (excluding diaryl/α,β-unsaturated/α-hetero) is 2. The first-order chi connectivity index (χ1) is 15.3. The molecule has 0 atom stereocenters. The number of carbonyl (C=O) groups excluding carboxylic acids is 2. The molecule has 4 aromatic rings. The van der Waals surface area contributed by atoms with Crippen LogP contribution < -0.4 is 5.56 Å². The van der Waals surface area contributed by atoms with Crippen molar-refractivity contribution in [3.8, 4) is 5.69 Å². The Morgan fingerprint density at radius 1 is 1.09 bits per heavy atom. The van der Waals surface area contributed by atoms with Gasteiger partial charge in [0.05, 0.1) is 33.1 Å². The Labute approximate surface area is 193 Å². The summed E-state index contributed by atoms with van der Waals surface area (Å²) in [6.07, 6.45) is 0. The molecule has 2 heterocycles. The molecule has 0 aliphatic rings. The van der Waals surface area contributed by atoms with Crippen LogP contribution >= 0.6 is 23.4 Å². The van der Waals surface area contributed by atoms with E-state index in [4.69, 9.17) is 11.6 Å². The summed E-state index contributed by atoms with van der Waals surface area (Å²) in [5, 5.41) is 1.23. The molecule has 0 fully saturated rings. The molecule has 1 N–H and O–H groups in total. The number of benzene rings is 2. The number of aromatic amines is 1. The number of nitrogens with zero attached hydrogens (tertiary/aromatic N) is 2. The number of halogens is 1. The number of hydrogen-bond acceptors (Lipinski definition) is 5. The van der Waals surface area contributed by atoms with E-state index in [0.29, 0.717) is 49.3 Å². The molecule has 0 bridgehead atoms. The number of H-pyrrole nitrogens is 1. The third kappa shape index (κ3) is 3.89. The highest BCUT2D eigenvalue weighted by Crippen LogP contribution is 2.27. The Balaban J connectivity index is 1.77. The number of para-hydroxylation sites is 2. The Kier molecular flexibility index (Phi) is 6.04. The number of ketones is 2. The van der Waals surface area contributed by atoms with Gasteiger partial charge in [0, 0.05) is 11.3 Å². The molecule has 6 nitrogen and oxygen atoms in total. The van der Waals surface area contributed by atoms with E-state index < -0.39 is 0 Å². The molecule has 2 aromatic heterocycles. The zero-order valence-corrected chi connectivity index (χ0v) is 19.3. The topological polar surface area (TPSA) is 84.8 Å². The van der Waals surface area contributed by atoms with Gasteiger partial charge in [0.2, 0.25) is 0 Å². The van der Waals surface area contributed by atoms with E-state index in [-0.39, 0.29) is 22.9 Å². The van der Waals surface area contributed by atoms with E-state index in [2.05, 4.69) is 9.97 Å². The van der Waals surface area contributed by atoms with Crippen LogP contribution in [0.25, 0.3) is 16.6 Å². The largest absolute Gasteiger partial charge is 0.355 e. The molecule has 8 heteroatoms. The normalized spacial score (nSPS) is 11.1. The SMILES string of the molecule is CC(=O)c1c(C)[nH]c(C(=O)CSc2nc3ccccc3c(=O)n2-c2ccccc2Cl)c1C. The van der Waals surface area contributed by atoms with Gasteiger partial charge in [-0.1, -0.05) is 47.6 Å². The van der Waals surface area contributed by atoms with Gasteiger partial charge in [-0.25, -0.2) is 4.98 Å². The molecule has 0 amide bonds. The smallest absolute Gasteiger partial charge is 0.266 e. The number of hydrogen-bond donors (Lipinski definition) is 1. The van der Waals surface area contributed by atoms with E-state index in [1.165, 1.54) is 11.5 Å². The van der Waals surface area contributed by atoms with Crippen molar-refractivity contribution in [2.45, 2.75) is 25.9 Å². The average Bonchev–Trinajstić information content (AvgIpc) is 3.07. The standard InChI is InChI=1S/C24H20ClN3O3S/c1-13-21(15(3)29)14(2)26-22(13)20(30)12-32-24-27-18-10-6-4-8-16(18)23(31)28(24)19-11-7-5-9-17(19)25/h4-11,26H,12H2,1-3H3. The molecule has 0 spiro atoms. The van der Waals surface area contributed by atoms with Gasteiger partial charge < -0.3 is 4.98 Å². The maximum atomic E-state index is 13.3. The zero-order valence-electron chi connectivity index (χ0n) is 17.7. The summed E-state index contributed by atoms with van der Waals surface area (Å²) in [6, 6.07) is 14.1. The van der Waals surface area contributed by atoms with Crippen molar-refractivity contribution < 1.29 is 9.59 Å². The van der Waals surface area contributed by atoms with Crippen molar-refractivity contribution in [2.75, 3.05) is 5.75 Å². The van der Waals surface area contributed by atoms with Crippen LogP contribution in [0.15, 0.2) is 58.5 Å². The van der Waals surface area contributed by atoms with Gasteiger partial charge in [-0.2, -0.15) is 0 Å². The minimum atomic E-state index is -0.260. The quantitative estimate of drug-likeness (QED) is 0.241. The molecule has 0 radical (unpaired) electrons. The van der Waals surface area contributed by atoms with Gasteiger partial charge in [0.15, 0.2) is 16.7 Å². The summed E-state index contributed by atoms with van der Waals surface area (Å²) >= 11 is 7.54. The van der Waals surface area contributed by atoms with Crippen LogP contribution in [0.5, 0.6) is 0 Å². The van der Waals surface area contributed by atoms with Gasteiger partial charge in [-0.3, -0.25) is 19.0 Å². The summed E-state index contributed by atoms with van der Waals surface area (Å²) < 4.78 is 1.44. The fraction of sp³-hybridized carbons (Fsp3) is 0.167. The first kappa shape index (κ1) is 22.0. The number of aromatic nitrogens is 3. The van der Waals surface area contributed by atoms with Crippen LogP contribution in [0.1, 0.15) is 39.0 Å². The van der Waals surface area contributed by atoms with E-state index in [1.54, 1.807) is 56.3 Å². The molecular formula is C24H20ClN3O3S. The first-order valence-corrected chi connectivity index (χ1v) is 11.3. The lowest BCUT2D eigenvalue weighted by atomic mass is 10.1. The van der Waals surface area contributed by atoms with Crippen molar-refractivity contribution in [3.05, 3.63) is 86.4 Å². The van der Waals surface area contributed by atoms with E-state index in [1.807, 2.05) is 6.07 Å². The van der Waals surface area contributed by atoms with Crippen LogP contribution in [-0.4, -0.2) is 31.9 Å². The molecule has 32 heavy (non-hydrogen) atoms. The van der Waals surface area contributed by atoms with Crippen LogP contribution in [0.3, 0.4) is 0 Å². The fourth-order valence-corrected chi connectivity index (χ4v) is 4.91. The zero-order chi connectivity index (χ0) is 23.0. The first-order valence-electron chi connectivity index (χ1n) is 9.92. The molecular weight excluding hydrogens is 446 g/mol. The predicted molar refractivity (Wildman–Crippen MR) is 128 cm³/mol. The molecule has 4 rings (SSSR count).